The van der Waals surface area contributed by atoms with Crippen molar-refractivity contribution in [1.29, 1.82) is 0 Å². The van der Waals surface area contributed by atoms with Gasteiger partial charge in [0.25, 0.3) is 0 Å². The highest BCUT2D eigenvalue weighted by Gasteiger charge is 2.23. The number of hydrogen-bond acceptors (Lipinski definition) is 3. The smallest absolute Gasteiger partial charge is 0.224 e. The monoisotopic (exact) mass is 360 g/mol. The molecule has 1 amide bonds. The summed E-state index contributed by atoms with van der Waals surface area (Å²) in [5.41, 5.74) is 3.26. The molecule has 3 rings (SSSR count). The van der Waals surface area contributed by atoms with Gasteiger partial charge in [-0.15, -0.1) is 0 Å². The van der Waals surface area contributed by atoms with Crippen LogP contribution in [0.25, 0.3) is 0 Å². The summed E-state index contributed by atoms with van der Waals surface area (Å²) in [5, 5.41) is 5.24. The van der Waals surface area contributed by atoms with Gasteiger partial charge in [-0.3, -0.25) is 9.48 Å². The fourth-order valence-corrected chi connectivity index (χ4v) is 3.55. The molecule has 0 unspecified atom stereocenters. The van der Waals surface area contributed by atoms with Crippen LogP contribution < -0.4 is 4.90 Å². The Morgan fingerprint density at radius 2 is 1.80 bits per heavy atom. The summed E-state index contributed by atoms with van der Waals surface area (Å²) in [5.74, 6) is 0.204. The lowest BCUT2D eigenvalue weighted by Crippen LogP contribution is -2.49. The van der Waals surface area contributed by atoms with E-state index in [1.165, 1.54) is 0 Å². The Labute approximate surface area is 154 Å². The van der Waals surface area contributed by atoms with Crippen LogP contribution in [0.15, 0.2) is 30.3 Å². The first-order valence-electron chi connectivity index (χ1n) is 8.75. The molecule has 5 nitrogen and oxygen atoms in total. The summed E-state index contributed by atoms with van der Waals surface area (Å²) in [6.45, 7) is 9.28. The van der Waals surface area contributed by atoms with E-state index in [0.29, 0.717) is 6.42 Å². The minimum absolute atomic E-state index is 0.0792. The van der Waals surface area contributed by atoms with Crippen LogP contribution >= 0.6 is 11.6 Å². The number of hydrogen-bond donors (Lipinski definition) is 0. The van der Waals surface area contributed by atoms with Crippen molar-refractivity contribution in [2.75, 3.05) is 31.1 Å². The molecule has 1 saturated heterocycles. The number of aromatic nitrogens is 2. The minimum atomic E-state index is 0.0792. The van der Waals surface area contributed by atoms with Crippen LogP contribution in [0.2, 0.25) is 5.02 Å². The fraction of sp³-hybridized carbons (Fsp3) is 0.474. The number of benzene rings is 1. The number of anilines is 1. The number of amides is 1. The molecule has 134 valence electrons. The first-order chi connectivity index (χ1) is 11.9. The van der Waals surface area contributed by atoms with E-state index in [2.05, 4.69) is 16.9 Å². The quantitative estimate of drug-likeness (QED) is 0.838. The van der Waals surface area contributed by atoms with E-state index in [-0.39, 0.29) is 11.9 Å². The van der Waals surface area contributed by atoms with Crippen molar-refractivity contribution in [1.82, 2.24) is 14.7 Å². The van der Waals surface area contributed by atoms with E-state index in [1.54, 1.807) is 0 Å². The predicted molar refractivity (Wildman–Crippen MR) is 101 cm³/mol. The van der Waals surface area contributed by atoms with Crippen molar-refractivity contribution in [2.24, 2.45) is 0 Å². The number of piperazine rings is 1. The van der Waals surface area contributed by atoms with Gasteiger partial charge in [0.05, 0.1) is 11.7 Å². The van der Waals surface area contributed by atoms with E-state index in [4.69, 9.17) is 11.6 Å². The van der Waals surface area contributed by atoms with Crippen molar-refractivity contribution in [2.45, 2.75) is 33.2 Å². The average molecular weight is 361 g/mol. The second kappa shape index (κ2) is 7.48. The molecule has 1 aromatic carbocycles. The molecule has 2 heterocycles. The van der Waals surface area contributed by atoms with Gasteiger partial charge in [-0.2, -0.15) is 5.10 Å². The number of carbonyl (C=O) groups is 1. The van der Waals surface area contributed by atoms with Crippen molar-refractivity contribution in [3.8, 4) is 0 Å². The van der Waals surface area contributed by atoms with Crippen molar-refractivity contribution < 1.29 is 4.79 Å². The summed E-state index contributed by atoms with van der Waals surface area (Å²) in [6, 6.07) is 10.0. The van der Waals surface area contributed by atoms with Crippen molar-refractivity contribution in [3.63, 3.8) is 0 Å². The summed E-state index contributed by atoms with van der Waals surface area (Å²) in [4.78, 5) is 16.9. The van der Waals surface area contributed by atoms with Gasteiger partial charge in [0.1, 0.15) is 0 Å². The lowest BCUT2D eigenvalue weighted by atomic mass is 10.2. The molecule has 1 fully saturated rings. The van der Waals surface area contributed by atoms with Gasteiger partial charge in [0.2, 0.25) is 5.91 Å². The SMILES string of the molecule is Cc1cc(C)n([C@@H](C)CC(=O)N2CCN(c3ccc(Cl)cc3)CC2)n1. The normalized spacial score (nSPS) is 16.2. The van der Waals surface area contributed by atoms with Crippen LogP contribution in [0.4, 0.5) is 5.69 Å². The number of halogens is 1. The molecule has 1 aromatic heterocycles. The number of aryl methyl sites for hydroxylation is 2. The molecule has 0 bridgehead atoms. The van der Waals surface area contributed by atoms with Crippen LogP contribution in [0, 0.1) is 13.8 Å². The minimum Gasteiger partial charge on any atom is -0.368 e. The lowest BCUT2D eigenvalue weighted by molar-refractivity contribution is -0.132. The Morgan fingerprint density at radius 1 is 1.16 bits per heavy atom. The van der Waals surface area contributed by atoms with E-state index >= 15 is 0 Å². The zero-order valence-corrected chi connectivity index (χ0v) is 15.8. The Morgan fingerprint density at radius 3 is 2.36 bits per heavy atom. The molecule has 0 N–H and O–H groups in total. The molecule has 25 heavy (non-hydrogen) atoms. The number of carbonyl (C=O) groups excluding carboxylic acids is 1. The molecule has 2 aromatic rings. The van der Waals surface area contributed by atoms with Crippen molar-refractivity contribution in [3.05, 3.63) is 46.7 Å². The molecule has 1 aliphatic heterocycles. The first-order valence-corrected chi connectivity index (χ1v) is 9.13. The van der Waals surface area contributed by atoms with Crippen LogP contribution in [0.1, 0.15) is 30.8 Å². The molecule has 1 atom stereocenters. The number of nitrogens with zero attached hydrogens (tertiary/aromatic N) is 4. The van der Waals surface area contributed by atoms with Gasteiger partial charge in [0.15, 0.2) is 0 Å². The standard InChI is InChI=1S/C19H25ClN4O/c1-14-12-15(2)24(21-14)16(3)13-19(25)23-10-8-22(9-11-23)18-6-4-17(20)5-7-18/h4-7,12,16H,8-11,13H2,1-3H3/t16-/m0/s1. The fourth-order valence-electron chi connectivity index (χ4n) is 3.43. The summed E-state index contributed by atoms with van der Waals surface area (Å²) >= 11 is 5.95. The van der Waals surface area contributed by atoms with Crippen LogP contribution in [-0.2, 0) is 4.79 Å². The number of rotatable bonds is 4. The topological polar surface area (TPSA) is 41.4 Å². The van der Waals surface area contributed by atoms with Gasteiger partial charge in [-0.1, -0.05) is 11.6 Å². The largest absolute Gasteiger partial charge is 0.368 e. The van der Waals surface area contributed by atoms with E-state index < -0.39 is 0 Å². The molecule has 6 heteroatoms. The second-order valence-corrected chi connectivity index (χ2v) is 7.21. The van der Waals surface area contributed by atoms with E-state index in [1.807, 2.05) is 53.8 Å². The van der Waals surface area contributed by atoms with Gasteiger partial charge in [-0.05, 0) is 51.1 Å². The zero-order chi connectivity index (χ0) is 18.0. The zero-order valence-electron chi connectivity index (χ0n) is 15.1. The molecule has 0 spiro atoms. The lowest BCUT2D eigenvalue weighted by Gasteiger charge is -2.36. The van der Waals surface area contributed by atoms with Crippen molar-refractivity contribution >= 4 is 23.2 Å². The second-order valence-electron chi connectivity index (χ2n) is 6.77. The van der Waals surface area contributed by atoms with Gasteiger partial charge >= 0.3 is 0 Å². The summed E-state index contributed by atoms with van der Waals surface area (Å²) in [6.07, 6.45) is 0.489. The van der Waals surface area contributed by atoms with E-state index in [9.17, 15) is 4.79 Å². The molecule has 0 radical (unpaired) electrons. The summed E-state index contributed by atoms with van der Waals surface area (Å²) < 4.78 is 1.96. The first kappa shape index (κ1) is 17.8. The molecule has 0 saturated carbocycles. The summed E-state index contributed by atoms with van der Waals surface area (Å²) in [7, 11) is 0. The molecule has 1 aliphatic rings. The third-order valence-corrected chi connectivity index (χ3v) is 5.01. The highest BCUT2D eigenvalue weighted by Crippen LogP contribution is 2.21. The van der Waals surface area contributed by atoms with Gasteiger partial charge in [-0.25, -0.2) is 0 Å². The van der Waals surface area contributed by atoms with E-state index in [0.717, 1.165) is 48.3 Å². The Balaban J connectivity index is 1.54. The predicted octanol–water partition coefficient (Wildman–Crippen LogP) is 3.45. The highest BCUT2D eigenvalue weighted by atomic mass is 35.5. The van der Waals surface area contributed by atoms with Crippen LogP contribution in [-0.4, -0.2) is 46.8 Å². The third kappa shape index (κ3) is 4.15. The maximum absolute atomic E-state index is 12.6. The highest BCUT2D eigenvalue weighted by molar-refractivity contribution is 6.30. The molecular weight excluding hydrogens is 336 g/mol. The average Bonchev–Trinajstić information content (AvgIpc) is 2.94. The Hall–Kier alpha value is -2.01. The Kier molecular flexibility index (Phi) is 5.33. The van der Waals surface area contributed by atoms with Gasteiger partial charge in [0, 0.05) is 49.0 Å². The van der Waals surface area contributed by atoms with Gasteiger partial charge < -0.3 is 9.80 Å². The van der Waals surface area contributed by atoms with Crippen LogP contribution in [0.3, 0.4) is 0 Å². The maximum Gasteiger partial charge on any atom is 0.224 e. The third-order valence-electron chi connectivity index (χ3n) is 4.76. The van der Waals surface area contributed by atoms with Crippen LogP contribution in [0.5, 0.6) is 0 Å². The Bertz CT molecular complexity index is 732. The molecule has 0 aliphatic carbocycles. The molecular formula is C19H25ClN4O. The maximum atomic E-state index is 12.6.